The van der Waals surface area contributed by atoms with Crippen LogP contribution < -0.4 is 4.74 Å². The van der Waals surface area contributed by atoms with Crippen molar-refractivity contribution < 1.29 is 14.6 Å². The Morgan fingerprint density at radius 1 is 1.22 bits per heavy atom. The summed E-state index contributed by atoms with van der Waals surface area (Å²) in [5.41, 5.74) is 0.778. The summed E-state index contributed by atoms with van der Waals surface area (Å²) < 4.78 is 5.55. The highest BCUT2D eigenvalue weighted by Gasteiger charge is 2.12. The average molecular weight is 244 g/mol. The first-order valence-electron chi connectivity index (χ1n) is 5.38. The molecule has 0 saturated carbocycles. The lowest BCUT2D eigenvalue weighted by molar-refractivity contribution is 0.0694. The fourth-order valence-corrected chi connectivity index (χ4v) is 1.52. The van der Waals surface area contributed by atoms with E-state index in [4.69, 9.17) is 9.84 Å². The molecule has 0 fully saturated rings. The van der Waals surface area contributed by atoms with Gasteiger partial charge in [0.15, 0.2) is 5.75 Å². The van der Waals surface area contributed by atoms with Crippen LogP contribution in [0.15, 0.2) is 30.5 Å². The Morgan fingerprint density at radius 2 is 1.94 bits per heavy atom. The second kappa shape index (κ2) is 4.83. The van der Waals surface area contributed by atoms with Crippen molar-refractivity contribution in [3.8, 4) is 11.5 Å². The van der Waals surface area contributed by atoms with Crippen molar-refractivity contribution in [1.82, 2.24) is 9.97 Å². The summed E-state index contributed by atoms with van der Waals surface area (Å²) in [6.07, 6.45) is 1.54. The number of carboxylic acid groups (broad SMARTS) is 1. The van der Waals surface area contributed by atoms with E-state index in [1.165, 1.54) is 12.3 Å². The third-order valence-electron chi connectivity index (χ3n) is 2.39. The van der Waals surface area contributed by atoms with Crippen LogP contribution in [0.25, 0.3) is 0 Å². The number of rotatable bonds is 3. The molecule has 2 aromatic rings. The van der Waals surface area contributed by atoms with Gasteiger partial charge in [0.05, 0.1) is 11.9 Å². The fraction of sp³-hybridized carbons (Fsp3) is 0.154. The summed E-state index contributed by atoms with van der Waals surface area (Å²) in [5, 5.41) is 9.05. The molecule has 0 radical (unpaired) electrons. The highest BCUT2D eigenvalue weighted by molar-refractivity contribution is 5.90. The van der Waals surface area contributed by atoms with E-state index < -0.39 is 5.97 Å². The fourth-order valence-electron chi connectivity index (χ4n) is 1.52. The van der Waals surface area contributed by atoms with Gasteiger partial charge < -0.3 is 9.84 Å². The van der Waals surface area contributed by atoms with Crippen LogP contribution in [-0.2, 0) is 0 Å². The van der Waals surface area contributed by atoms with E-state index >= 15 is 0 Å². The van der Waals surface area contributed by atoms with Gasteiger partial charge >= 0.3 is 5.97 Å². The summed E-state index contributed by atoms with van der Waals surface area (Å²) in [4.78, 5) is 19.2. The van der Waals surface area contributed by atoms with Crippen molar-refractivity contribution in [1.29, 1.82) is 0 Å². The van der Waals surface area contributed by atoms with E-state index in [0.29, 0.717) is 17.3 Å². The molecule has 0 aliphatic heterocycles. The molecule has 5 nitrogen and oxygen atoms in total. The maximum atomic E-state index is 11.0. The Kier molecular flexibility index (Phi) is 3.23. The van der Waals surface area contributed by atoms with Gasteiger partial charge in [0, 0.05) is 0 Å². The van der Waals surface area contributed by atoms with Gasteiger partial charge in [0.2, 0.25) is 0 Å². The second-order valence-electron chi connectivity index (χ2n) is 3.77. The van der Waals surface area contributed by atoms with Gasteiger partial charge in [-0.2, -0.15) is 0 Å². The number of para-hydroxylation sites is 1. The maximum Gasteiger partial charge on any atom is 0.339 e. The van der Waals surface area contributed by atoms with Crippen LogP contribution in [0.5, 0.6) is 11.5 Å². The molecule has 1 N–H and O–H groups in total. The third-order valence-corrected chi connectivity index (χ3v) is 2.39. The van der Waals surface area contributed by atoms with E-state index in [-0.39, 0.29) is 11.3 Å². The lowest BCUT2D eigenvalue weighted by atomic mass is 10.2. The van der Waals surface area contributed by atoms with Crippen molar-refractivity contribution in [2.75, 3.05) is 0 Å². The first-order valence-corrected chi connectivity index (χ1v) is 5.38. The van der Waals surface area contributed by atoms with Gasteiger partial charge in [-0.25, -0.2) is 14.8 Å². The standard InChI is InChI=1S/C13H12N2O3/c1-8-12(7-14-9(2)15-8)18-11-6-4-3-5-10(11)13(16)17/h3-7H,1-2H3,(H,16,17). The number of carboxylic acids is 1. The van der Waals surface area contributed by atoms with Crippen molar-refractivity contribution in [3.63, 3.8) is 0 Å². The highest BCUT2D eigenvalue weighted by Crippen LogP contribution is 2.26. The summed E-state index contributed by atoms with van der Waals surface area (Å²) in [7, 11) is 0. The van der Waals surface area contributed by atoms with Crippen molar-refractivity contribution in [3.05, 3.63) is 47.5 Å². The number of nitrogens with zero attached hydrogens (tertiary/aromatic N) is 2. The zero-order chi connectivity index (χ0) is 13.1. The van der Waals surface area contributed by atoms with Crippen LogP contribution in [0.1, 0.15) is 21.9 Å². The Morgan fingerprint density at radius 3 is 2.61 bits per heavy atom. The van der Waals surface area contributed by atoms with E-state index in [9.17, 15) is 4.79 Å². The van der Waals surface area contributed by atoms with E-state index in [1.54, 1.807) is 32.0 Å². The Labute approximate surface area is 104 Å². The molecular formula is C13H12N2O3. The summed E-state index contributed by atoms with van der Waals surface area (Å²) in [5.74, 6) is 0.345. The minimum Gasteiger partial charge on any atom is -0.478 e. The zero-order valence-electron chi connectivity index (χ0n) is 10.0. The van der Waals surface area contributed by atoms with Crippen LogP contribution in [0.3, 0.4) is 0 Å². The van der Waals surface area contributed by atoms with Crippen LogP contribution in [0, 0.1) is 13.8 Å². The first kappa shape index (κ1) is 12.0. The van der Waals surface area contributed by atoms with Gasteiger partial charge in [-0.05, 0) is 26.0 Å². The summed E-state index contributed by atoms with van der Waals surface area (Å²) in [6.45, 7) is 3.56. The topological polar surface area (TPSA) is 72.3 Å². The average Bonchev–Trinajstić information content (AvgIpc) is 2.33. The SMILES string of the molecule is Cc1ncc(Oc2ccccc2C(=O)O)c(C)n1. The quantitative estimate of drug-likeness (QED) is 0.898. The molecule has 0 amide bonds. The number of benzene rings is 1. The van der Waals surface area contributed by atoms with Crippen molar-refractivity contribution >= 4 is 5.97 Å². The molecule has 92 valence electrons. The molecule has 0 unspecified atom stereocenters. The molecule has 5 heteroatoms. The van der Waals surface area contributed by atoms with Crippen LogP contribution >= 0.6 is 0 Å². The lowest BCUT2D eigenvalue weighted by Crippen LogP contribution is -2.01. The molecule has 2 rings (SSSR count). The third kappa shape index (κ3) is 2.45. The van der Waals surface area contributed by atoms with Gasteiger partial charge in [-0.1, -0.05) is 12.1 Å². The number of aromatic carboxylic acids is 1. The van der Waals surface area contributed by atoms with Crippen molar-refractivity contribution in [2.24, 2.45) is 0 Å². The largest absolute Gasteiger partial charge is 0.478 e. The molecule has 0 bridgehead atoms. The van der Waals surface area contributed by atoms with Gasteiger partial charge in [0.1, 0.15) is 17.1 Å². The predicted octanol–water partition coefficient (Wildman–Crippen LogP) is 2.58. The number of aryl methyl sites for hydroxylation is 2. The van der Waals surface area contributed by atoms with E-state index in [1.807, 2.05) is 0 Å². The summed E-state index contributed by atoms with van der Waals surface area (Å²) in [6, 6.07) is 6.45. The maximum absolute atomic E-state index is 11.0. The number of ether oxygens (including phenoxy) is 1. The Bertz CT molecular complexity index is 597. The lowest BCUT2D eigenvalue weighted by Gasteiger charge is -2.10. The van der Waals surface area contributed by atoms with Crippen molar-refractivity contribution in [2.45, 2.75) is 13.8 Å². The second-order valence-corrected chi connectivity index (χ2v) is 3.77. The molecule has 0 spiro atoms. The van der Waals surface area contributed by atoms with Gasteiger partial charge in [0.25, 0.3) is 0 Å². The van der Waals surface area contributed by atoms with Crippen LogP contribution in [0.2, 0.25) is 0 Å². The van der Waals surface area contributed by atoms with Crippen LogP contribution in [-0.4, -0.2) is 21.0 Å². The number of aromatic nitrogens is 2. The molecule has 18 heavy (non-hydrogen) atoms. The molecule has 1 aromatic carbocycles. The number of hydrogen-bond acceptors (Lipinski definition) is 4. The molecule has 0 aliphatic rings. The van der Waals surface area contributed by atoms with Gasteiger partial charge in [-0.3, -0.25) is 0 Å². The van der Waals surface area contributed by atoms with Crippen LogP contribution in [0.4, 0.5) is 0 Å². The minimum atomic E-state index is -1.03. The zero-order valence-corrected chi connectivity index (χ0v) is 10.0. The first-order chi connectivity index (χ1) is 8.58. The smallest absolute Gasteiger partial charge is 0.339 e. The minimum absolute atomic E-state index is 0.109. The molecule has 0 aliphatic carbocycles. The number of hydrogen-bond donors (Lipinski definition) is 1. The molecule has 0 atom stereocenters. The van der Waals surface area contributed by atoms with E-state index in [2.05, 4.69) is 9.97 Å². The van der Waals surface area contributed by atoms with Gasteiger partial charge in [-0.15, -0.1) is 0 Å². The molecular weight excluding hydrogens is 232 g/mol. The predicted molar refractivity (Wildman–Crippen MR) is 65.0 cm³/mol. The normalized spacial score (nSPS) is 10.1. The Balaban J connectivity index is 2.37. The van der Waals surface area contributed by atoms with E-state index in [0.717, 1.165) is 0 Å². The molecule has 1 aromatic heterocycles. The summed E-state index contributed by atoms with van der Waals surface area (Å²) >= 11 is 0. The molecule has 0 saturated heterocycles. The molecule has 1 heterocycles. The Hall–Kier alpha value is -2.43. The number of carbonyl (C=O) groups is 1. The highest BCUT2D eigenvalue weighted by atomic mass is 16.5. The monoisotopic (exact) mass is 244 g/mol.